The van der Waals surface area contributed by atoms with E-state index in [2.05, 4.69) is 15.3 Å². The van der Waals surface area contributed by atoms with Gasteiger partial charge in [0, 0.05) is 95.0 Å². The average molecular weight is 836 g/mol. The minimum absolute atomic E-state index is 0.0320. The van der Waals surface area contributed by atoms with Gasteiger partial charge in [-0.3, -0.25) is 14.4 Å². The monoisotopic (exact) mass is 836 g/mol. The Labute approximate surface area is 344 Å². The van der Waals surface area contributed by atoms with Crippen molar-refractivity contribution in [3.63, 3.8) is 0 Å². The third kappa shape index (κ3) is 37.4. The maximum absolute atomic E-state index is 13.2. The molecule has 0 radical (unpaired) electrons. The van der Waals surface area contributed by atoms with E-state index in [9.17, 15) is 19.2 Å². The van der Waals surface area contributed by atoms with Crippen molar-refractivity contribution in [2.24, 2.45) is 22.3 Å². The normalized spacial score (nSPS) is 11.4. The molecule has 20 nitrogen and oxygen atoms in total. The molecule has 0 unspecified atom stereocenters. The molecule has 58 heavy (non-hydrogen) atoms. The van der Waals surface area contributed by atoms with Crippen LogP contribution in [0.25, 0.3) is 10.4 Å². The number of rotatable bonds is 46. The van der Waals surface area contributed by atoms with Gasteiger partial charge in [0.2, 0.25) is 0 Å². The molecule has 0 spiro atoms. The van der Waals surface area contributed by atoms with Gasteiger partial charge in [0.05, 0.1) is 85.9 Å². The first-order chi connectivity index (χ1) is 28.3. The highest BCUT2D eigenvalue weighted by atomic mass is 16.6. The van der Waals surface area contributed by atoms with Crippen LogP contribution in [0.1, 0.15) is 77.0 Å². The fourth-order valence-electron chi connectivity index (χ4n) is 5.32. The number of Topliss-reactive ketones (excluding diaryl/α,β-unsaturated/α-hetero) is 3. The molecule has 0 saturated carbocycles. The minimum Gasteiger partial charge on any atom is -0.447 e. The molecule has 0 heterocycles. The lowest BCUT2D eigenvalue weighted by Crippen LogP contribution is -2.50. The molecule has 0 saturated heterocycles. The topological polar surface area (TPSA) is 290 Å². The quantitative estimate of drug-likeness (QED) is 0.0296. The van der Waals surface area contributed by atoms with Crippen molar-refractivity contribution in [3.8, 4) is 0 Å². The Morgan fingerprint density at radius 2 is 0.793 bits per heavy atom. The molecular formula is C38H73N7O13. The molecule has 7 N–H and O–H groups in total. The van der Waals surface area contributed by atoms with Crippen molar-refractivity contribution in [2.75, 3.05) is 138 Å². The standard InChI is InChI=1S/C38H73N7O13/c39-13-20-53-27-24-50-17-1-4-34(46)7-10-38(11-8-35(47)5-2-18-51-25-28-54-21-14-40,12-9-36(48)6-3-19-52-26-29-55-22-15-41)44-37(49)58-33-32-57-31-30-56-23-16-43-45-42/h1-33,39-41H2,(H,44,49). The van der Waals surface area contributed by atoms with Crippen LogP contribution in [0.5, 0.6) is 0 Å². The van der Waals surface area contributed by atoms with Gasteiger partial charge in [-0.05, 0) is 44.1 Å². The summed E-state index contributed by atoms with van der Waals surface area (Å²) in [5.74, 6) is -0.0961. The Balaban J connectivity index is 5.49. The lowest BCUT2D eigenvalue weighted by molar-refractivity contribution is -0.120. The third-order valence-electron chi connectivity index (χ3n) is 8.38. The van der Waals surface area contributed by atoms with Gasteiger partial charge in [-0.15, -0.1) is 0 Å². The fourth-order valence-corrected chi connectivity index (χ4v) is 5.32. The number of alkyl carbamates (subject to hydrolysis) is 1. The van der Waals surface area contributed by atoms with Crippen LogP contribution in [0.2, 0.25) is 0 Å². The Hall–Kier alpha value is -2.85. The summed E-state index contributed by atoms with van der Waals surface area (Å²) in [6.07, 6.45) is 2.55. The van der Waals surface area contributed by atoms with E-state index >= 15 is 0 Å². The number of ketones is 3. The summed E-state index contributed by atoms with van der Waals surface area (Å²) >= 11 is 0. The van der Waals surface area contributed by atoms with Gasteiger partial charge in [0.25, 0.3) is 0 Å². The number of azide groups is 1. The first-order valence-electron chi connectivity index (χ1n) is 20.6. The molecule has 0 rings (SSSR count). The zero-order chi connectivity index (χ0) is 42.6. The van der Waals surface area contributed by atoms with Crippen molar-refractivity contribution >= 4 is 23.4 Å². The first kappa shape index (κ1) is 55.2. The predicted molar refractivity (Wildman–Crippen MR) is 215 cm³/mol. The smallest absolute Gasteiger partial charge is 0.407 e. The molecule has 0 atom stereocenters. The summed E-state index contributed by atoms with van der Waals surface area (Å²) < 4.78 is 48.7. The number of nitrogens with one attached hydrogen (secondary N) is 1. The van der Waals surface area contributed by atoms with Crippen molar-refractivity contribution in [3.05, 3.63) is 10.4 Å². The largest absolute Gasteiger partial charge is 0.447 e. The van der Waals surface area contributed by atoms with E-state index in [1.54, 1.807) is 0 Å². The van der Waals surface area contributed by atoms with Crippen LogP contribution in [-0.2, 0) is 57.0 Å². The second-order valence-electron chi connectivity index (χ2n) is 13.2. The van der Waals surface area contributed by atoms with E-state index in [1.165, 1.54) is 0 Å². The maximum atomic E-state index is 13.2. The molecule has 1 amide bonds. The van der Waals surface area contributed by atoms with Crippen LogP contribution >= 0.6 is 0 Å². The van der Waals surface area contributed by atoms with Crippen LogP contribution in [0.4, 0.5) is 4.79 Å². The zero-order valence-corrected chi connectivity index (χ0v) is 34.7. The van der Waals surface area contributed by atoms with Gasteiger partial charge in [0.15, 0.2) is 0 Å². The number of amides is 1. The van der Waals surface area contributed by atoms with E-state index in [0.717, 1.165) is 0 Å². The SMILES string of the molecule is [N-]=[N+]=NCCOCCOCCOC(=O)NC(CCC(=O)CCCOCCOCCN)(CCC(=O)CCCOCCOCCN)CCC(=O)CCCOCCOCCN. The van der Waals surface area contributed by atoms with Crippen LogP contribution in [0, 0.1) is 0 Å². The summed E-state index contributed by atoms with van der Waals surface area (Å²) in [6, 6.07) is 0. The highest BCUT2D eigenvalue weighted by Crippen LogP contribution is 2.28. The molecule has 0 bridgehead atoms. The highest BCUT2D eigenvalue weighted by Gasteiger charge is 2.34. The van der Waals surface area contributed by atoms with Gasteiger partial charge < -0.3 is 65.1 Å². The molecule has 0 aromatic carbocycles. The van der Waals surface area contributed by atoms with E-state index < -0.39 is 11.6 Å². The molecular weight excluding hydrogens is 762 g/mol. The second-order valence-corrected chi connectivity index (χ2v) is 13.2. The molecule has 338 valence electrons. The highest BCUT2D eigenvalue weighted by molar-refractivity contribution is 5.80. The van der Waals surface area contributed by atoms with E-state index in [1.807, 2.05) is 0 Å². The van der Waals surface area contributed by atoms with Crippen LogP contribution in [0.15, 0.2) is 5.11 Å². The summed E-state index contributed by atoms with van der Waals surface area (Å²) in [5.41, 5.74) is 23.5. The molecule has 0 aliphatic carbocycles. The lowest BCUT2D eigenvalue weighted by atomic mass is 9.81. The maximum Gasteiger partial charge on any atom is 0.407 e. The number of carbonyl (C=O) groups is 4. The molecule has 0 aliphatic rings. The first-order valence-corrected chi connectivity index (χ1v) is 20.6. The third-order valence-corrected chi connectivity index (χ3v) is 8.38. The zero-order valence-electron chi connectivity index (χ0n) is 34.7. The number of hydrogen-bond acceptors (Lipinski definition) is 17. The number of hydrogen-bond donors (Lipinski definition) is 4. The minimum atomic E-state index is -1.08. The lowest BCUT2D eigenvalue weighted by Gasteiger charge is -2.34. The van der Waals surface area contributed by atoms with Gasteiger partial charge >= 0.3 is 6.09 Å². The van der Waals surface area contributed by atoms with Crippen molar-refractivity contribution in [2.45, 2.75) is 82.6 Å². The van der Waals surface area contributed by atoms with Crippen molar-refractivity contribution in [1.82, 2.24) is 5.32 Å². The van der Waals surface area contributed by atoms with Crippen LogP contribution in [-0.4, -0.2) is 167 Å². The van der Waals surface area contributed by atoms with Crippen molar-refractivity contribution in [1.29, 1.82) is 0 Å². The molecule has 0 aromatic rings. The Morgan fingerprint density at radius 1 is 0.466 bits per heavy atom. The fraction of sp³-hybridized carbons (Fsp3) is 0.895. The van der Waals surface area contributed by atoms with Crippen molar-refractivity contribution < 1.29 is 61.8 Å². The second kappa shape index (κ2) is 42.3. The molecule has 0 aliphatic heterocycles. The molecule has 0 fully saturated rings. The van der Waals surface area contributed by atoms with E-state index in [-0.39, 0.29) is 115 Å². The van der Waals surface area contributed by atoms with Gasteiger partial charge in [-0.25, -0.2) is 4.79 Å². The Kier molecular flexibility index (Phi) is 40.2. The predicted octanol–water partition coefficient (Wildman–Crippen LogP) is 2.16. The average Bonchev–Trinajstić information content (AvgIpc) is 3.22. The molecule has 20 heteroatoms. The van der Waals surface area contributed by atoms with Crippen LogP contribution in [0.3, 0.4) is 0 Å². The van der Waals surface area contributed by atoms with Gasteiger partial charge in [-0.1, -0.05) is 5.11 Å². The van der Waals surface area contributed by atoms with Gasteiger partial charge in [0.1, 0.15) is 24.0 Å². The van der Waals surface area contributed by atoms with Gasteiger partial charge in [-0.2, -0.15) is 0 Å². The summed E-state index contributed by atoms with van der Waals surface area (Å²) in [7, 11) is 0. The summed E-state index contributed by atoms with van der Waals surface area (Å²) in [6.45, 7) is 7.27. The molecule has 0 aromatic heterocycles. The number of carbonyl (C=O) groups excluding carboxylic acids is 4. The van der Waals surface area contributed by atoms with E-state index in [4.69, 9.17) is 65.4 Å². The Morgan fingerprint density at radius 3 is 1.16 bits per heavy atom. The number of nitrogens with zero attached hydrogens (tertiary/aromatic N) is 3. The van der Waals surface area contributed by atoms with Crippen LogP contribution < -0.4 is 22.5 Å². The number of nitrogens with two attached hydrogens (primary N) is 3. The summed E-state index contributed by atoms with van der Waals surface area (Å²) in [4.78, 5) is 55.2. The van der Waals surface area contributed by atoms with E-state index in [0.29, 0.717) is 118 Å². The number of ether oxygens (including phenoxy) is 9. The summed E-state index contributed by atoms with van der Waals surface area (Å²) in [5, 5.41) is 6.33. The Bertz CT molecular complexity index is 983.